The zero-order valence-corrected chi connectivity index (χ0v) is 16.6. The Bertz CT molecular complexity index is 854. The van der Waals surface area contributed by atoms with Crippen LogP contribution >= 0.6 is 22.9 Å². The lowest BCUT2D eigenvalue weighted by Gasteiger charge is -2.33. The van der Waals surface area contributed by atoms with Crippen LogP contribution in [0.15, 0.2) is 40.7 Å². The number of hydrogen-bond acceptors (Lipinski definition) is 5. The van der Waals surface area contributed by atoms with E-state index in [2.05, 4.69) is 9.71 Å². The molecule has 0 saturated carbocycles. The first-order valence-electron chi connectivity index (χ1n) is 8.33. The van der Waals surface area contributed by atoms with E-state index in [9.17, 15) is 13.2 Å². The minimum Gasteiger partial charge on any atom is -0.341 e. The van der Waals surface area contributed by atoms with Gasteiger partial charge >= 0.3 is 0 Å². The molecular formula is C17H20ClN3O3S2. The third-order valence-electron chi connectivity index (χ3n) is 4.36. The van der Waals surface area contributed by atoms with Crippen LogP contribution in [0, 0.1) is 0 Å². The number of rotatable bonds is 5. The first-order valence-corrected chi connectivity index (χ1v) is 11.1. The highest BCUT2D eigenvalue weighted by Gasteiger charge is 2.30. The van der Waals surface area contributed by atoms with Crippen LogP contribution in [-0.4, -0.2) is 43.3 Å². The molecule has 26 heavy (non-hydrogen) atoms. The van der Waals surface area contributed by atoms with Gasteiger partial charge in [0.05, 0.1) is 15.9 Å². The summed E-state index contributed by atoms with van der Waals surface area (Å²) in [6, 6.07) is 5.01. The number of thiazole rings is 1. The fourth-order valence-electron chi connectivity index (χ4n) is 3.05. The van der Waals surface area contributed by atoms with Gasteiger partial charge in [0, 0.05) is 35.6 Å². The zero-order valence-electron chi connectivity index (χ0n) is 14.3. The Morgan fingerprint density at radius 2 is 2.12 bits per heavy atom. The second-order valence-electron chi connectivity index (χ2n) is 6.29. The molecule has 2 aromatic rings. The fourth-order valence-corrected chi connectivity index (χ4v) is 5.14. The van der Waals surface area contributed by atoms with Gasteiger partial charge in [0.25, 0.3) is 0 Å². The number of piperidine rings is 1. The number of hydrogen-bond donors (Lipinski definition) is 1. The SMILES string of the molecule is C[C@H](NS(=O)(=O)c1ccc(Cl)cc1)C(=O)N1CCCC(c2nccs2)C1. The van der Waals surface area contributed by atoms with Gasteiger partial charge in [-0.05, 0) is 44.0 Å². The molecule has 1 saturated heterocycles. The van der Waals surface area contributed by atoms with Gasteiger partial charge in [0.2, 0.25) is 15.9 Å². The Morgan fingerprint density at radius 3 is 2.77 bits per heavy atom. The summed E-state index contributed by atoms with van der Waals surface area (Å²) in [4.78, 5) is 18.9. The first-order chi connectivity index (χ1) is 12.4. The van der Waals surface area contributed by atoms with E-state index in [0.29, 0.717) is 18.1 Å². The Kier molecular flexibility index (Phi) is 5.96. The summed E-state index contributed by atoms with van der Waals surface area (Å²) in [5.74, 6) is -0.00318. The van der Waals surface area contributed by atoms with Crippen LogP contribution < -0.4 is 4.72 Å². The highest BCUT2D eigenvalue weighted by Crippen LogP contribution is 2.28. The molecule has 0 bridgehead atoms. The van der Waals surface area contributed by atoms with E-state index >= 15 is 0 Å². The van der Waals surface area contributed by atoms with Gasteiger partial charge in [0.15, 0.2) is 0 Å². The largest absolute Gasteiger partial charge is 0.341 e. The van der Waals surface area contributed by atoms with Crippen LogP contribution in [0.3, 0.4) is 0 Å². The molecule has 3 rings (SSSR count). The Morgan fingerprint density at radius 1 is 1.38 bits per heavy atom. The van der Waals surface area contributed by atoms with Crippen molar-refractivity contribution in [1.82, 2.24) is 14.6 Å². The standard InChI is InChI=1S/C17H20ClN3O3S2/c1-12(20-26(23,24)15-6-4-14(18)5-7-15)17(22)21-9-2-3-13(11-21)16-19-8-10-25-16/h4-8,10,12-13,20H,2-3,9,11H2,1H3/t12-,13?/m0/s1. The molecule has 1 unspecified atom stereocenters. The molecule has 0 aliphatic carbocycles. The summed E-state index contributed by atoms with van der Waals surface area (Å²) >= 11 is 7.38. The molecular weight excluding hydrogens is 394 g/mol. The summed E-state index contributed by atoms with van der Waals surface area (Å²) in [7, 11) is -3.78. The molecule has 2 heterocycles. The van der Waals surface area contributed by atoms with Crippen molar-refractivity contribution in [2.24, 2.45) is 0 Å². The molecule has 0 spiro atoms. The van der Waals surface area contributed by atoms with Gasteiger partial charge in [-0.3, -0.25) is 4.79 Å². The van der Waals surface area contributed by atoms with Crippen LogP contribution in [0.25, 0.3) is 0 Å². The van der Waals surface area contributed by atoms with E-state index in [-0.39, 0.29) is 16.7 Å². The second kappa shape index (κ2) is 8.04. The van der Waals surface area contributed by atoms with Crippen LogP contribution in [0.4, 0.5) is 0 Å². The molecule has 6 nitrogen and oxygen atoms in total. The van der Waals surface area contributed by atoms with Crippen molar-refractivity contribution < 1.29 is 13.2 Å². The number of sulfonamides is 1. The molecule has 1 aromatic heterocycles. The smallest absolute Gasteiger partial charge is 0.241 e. The van der Waals surface area contributed by atoms with Crippen molar-refractivity contribution >= 4 is 38.9 Å². The summed E-state index contributed by atoms with van der Waals surface area (Å²) in [5.41, 5.74) is 0. The van der Waals surface area contributed by atoms with Crippen molar-refractivity contribution in [2.75, 3.05) is 13.1 Å². The van der Waals surface area contributed by atoms with Crippen LogP contribution in [-0.2, 0) is 14.8 Å². The molecule has 1 fully saturated rings. The number of nitrogens with zero attached hydrogens (tertiary/aromatic N) is 2. The molecule has 1 aliphatic heterocycles. The third kappa shape index (κ3) is 4.43. The van der Waals surface area contributed by atoms with E-state index in [0.717, 1.165) is 17.8 Å². The molecule has 1 N–H and O–H groups in total. The van der Waals surface area contributed by atoms with Crippen molar-refractivity contribution in [2.45, 2.75) is 36.6 Å². The van der Waals surface area contributed by atoms with E-state index < -0.39 is 16.1 Å². The Hall–Kier alpha value is -1.48. The zero-order chi connectivity index (χ0) is 18.7. The Labute approximate surface area is 162 Å². The maximum atomic E-state index is 12.7. The van der Waals surface area contributed by atoms with E-state index in [1.165, 1.54) is 24.3 Å². The lowest BCUT2D eigenvalue weighted by Crippen LogP contribution is -2.49. The predicted molar refractivity (Wildman–Crippen MR) is 102 cm³/mol. The van der Waals surface area contributed by atoms with Crippen LogP contribution in [0.2, 0.25) is 5.02 Å². The van der Waals surface area contributed by atoms with Gasteiger partial charge in [-0.25, -0.2) is 13.4 Å². The van der Waals surface area contributed by atoms with Crippen molar-refractivity contribution in [3.63, 3.8) is 0 Å². The number of benzene rings is 1. The number of halogens is 1. The van der Waals surface area contributed by atoms with Gasteiger partial charge in [-0.1, -0.05) is 11.6 Å². The number of likely N-dealkylation sites (tertiary alicyclic amines) is 1. The van der Waals surface area contributed by atoms with Crippen LogP contribution in [0.5, 0.6) is 0 Å². The predicted octanol–water partition coefficient (Wildman–Crippen LogP) is 2.87. The van der Waals surface area contributed by atoms with Gasteiger partial charge in [-0.15, -0.1) is 11.3 Å². The number of aromatic nitrogens is 1. The highest BCUT2D eigenvalue weighted by atomic mass is 35.5. The molecule has 2 atom stereocenters. The Balaban J connectivity index is 1.66. The molecule has 0 radical (unpaired) electrons. The number of amides is 1. The quantitative estimate of drug-likeness (QED) is 0.817. The normalized spacial score (nSPS) is 19.3. The molecule has 1 aliphatic rings. The average Bonchev–Trinajstić information content (AvgIpc) is 3.16. The maximum Gasteiger partial charge on any atom is 0.241 e. The molecule has 140 valence electrons. The number of carbonyl (C=O) groups is 1. The summed E-state index contributed by atoms with van der Waals surface area (Å²) in [6.45, 7) is 2.77. The summed E-state index contributed by atoms with van der Waals surface area (Å²) in [5, 5.41) is 3.41. The van der Waals surface area contributed by atoms with Gasteiger partial charge in [-0.2, -0.15) is 4.72 Å². The second-order valence-corrected chi connectivity index (χ2v) is 9.37. The highest BCUT2D eigenvalue weighted by molar-refractivity contribution is 7.89. The van der Waals surface area contributed by atoms with Crippen LogP contribution in [0.1, 0.15) is 30.7 Å². The average molecular weight is 414 g/mol. The molecule has 9 heteroatoms. The maximum absolute atomic E-state index is 12.7. The summed E-state index contributed by atoms with van der Waals surface area (Å²) in [6.07, 6.45) is 3.64. The molecule has 1 amide bonds. The van der Waals surface area contributed by atoms with E-state index in [1.807, 2.05) is 5.38 Å². The third-order valence-corrected chi connectivity index (χ3v) is 7.11. The summed E-state index contributed by atoms with van der Waals surface area (Å²) < 4.78 is 27.4. The van der Waals surface area contributed by atoms with Gasteiger partial charge in [0.1, 0.15) is 0 Å². The van der Waals surface area contributed by atoms with Gasteiger partial charge < -0.3 is 4.90 Å². The lowest BCUT2D eigenvalue weighted by molar-refractivity contribution is -0.133. The monoisotopic (exact) mass is 413 g/mol. The fraction of sp³-hybridized carbons (Fsp3) is 0.412. The van der Waals surface area contributed by atoms with Crippen molar-refractivity contribution in [3.8, 4) is 0 Å². The number of nitrogens with one attached hydrogen (secondary N) is 1. The minimum absolute atomic E-state index is 0.0841. The molecule has 1 aromatic carbocycles. The first kappa shape index (κ1) is 19.3. The number of carbonyl (C=O) groups excluding carboxylic acids is 1. The lowest BCUT2D eigenvalue weighted by atomic mass is 9.98. The topological polar surface area (TPSA) is 79.4 Å². The van der Waals surface area contributed by atoms with E-state index in [1.54, 1.807) is 29.4 Å². The van der Waals surface area contributed by atoms with Crippen molar-refractivity contribution in [3.05, 3.63) is 45.9 Å². The van der Waals surface area contributed by atoms with E-state index in [4.69, 9.17) is 11.6 Å². The minimum atomic E-state index is -3.78. The van der Waals surface area contributed by atoms with Crippen molar-refractivity contribution in [1.29, 1.82) is 0 Å².